The summed E-state index contributed by atoms with van der Waals surface area (Å²) in [5.41, 5.74) is 3.40. The van der Waals surface area contributed by atoms with Crippen molar-refractivity contribution in [3.63, 3.8) is 0 Å². The van der Waals surface area contributed by atoms with E-state index in [9.17, 15) is 9.59 Å². The molecule has 29 heavy (non-hydrogen) atoms. The first kappa shape index (κ1) is 20.4. The van der Waals surface area contributed by atoms with Crippen LogP contribution in [0.1, 0.15) is 44.6 Å². The van der Waals surface area contributed by atoms with Crippen molar-refractivity contribution >= 4 is 45.1 Å². The Morgan fingerprint density at radius 1 is 1.07 bits per heavy atom. The van der Waals surface area contributed by atoms with Gasteiger partial charge in [0.1, 0.15) is 0 Å². The Labute approximate surface area is 184 Å². The monoisotopic (exact) mass is 469 g/mol. The van der Waals surface area contributed by atoms with E-state index in [1.807, 2.05) is 30.5 Å². The number of halogens is 1. The SMILES string of the molecule is CSc1ccc(C2CC(=O)N(c3cccc(Br)c3)C3=C2C(=O)CC(C)(C)C3)cc1. The minimum absolute atomic E-state index is 0.0475. The average molecular weight is 470 g/mol. The van der Waals surface area contributed by atoms with Crippen LogP contribution in [0.3, 0.4) is 0 Å². The van der Waals surface area contributed by atoms with E-state index >= 15 is 0 Å². The molecule has 1 aliphatic heterocycles. The number of carbonyl (C=O) groups is 2. The van der Waals surface area contributed by atoms with E-state index in [1.54, 1.807) is 16.7 Å². The van der Waals surface area contributed by atoms with Crippen molar-refractivity contribution in [2.75, 3.05) is 11.2 Å². The van der Waals surface area contributed by atoms with Gasteiger partial charge in [-0.15, -0.1) is 11.8 Å². The average Bonchev–Trinajstić information content (AvgIpc) is 2.66. The van der Waals surface area contributed by atoms with Crippen LogP contribution in [-0.4, -0.2) is 17.9 Å². The van der Waals surface area contributed by atoms with Crippen LogP contribution >= 0.6 is 27.7 Å². The molecule has 3 nitrogen and oxygen atoms in total. The van der Waals surface area contributed by atoms with Gasteiger partial charge in [-0.2, -0.15) is 0 Å². The van der Waals surface area contributed by atoms with E-state index in [0.29, 0.717) is 19.3 Å². The number of nitrogens with zero attached hydrogens (tertiary/aromatic N) is 1. The summed E-state index contributed by atoms with van der Waals surface area (Å²) in [6, 6.07) is 16.0. The van der Waals surface area contributed by atoms with Gasteiger partial charge in [0.2, 0.25) is 5.91 Å². The van der Waals surface area contributed by atoms with E-state index < -0.39 is 0 Å². The van der Waals surface area contributed by atoms with E-state index in [0.717, 1.165) is 27.0 Å². The molecule has 0 N–H and O–H groups in total. The summed E-state index contributed by atoms with van der Waals surface area (Å²) in [4.78, 5) is 29.6. The molecule has 2 aromatic rings. The molecule has 5 heteroatoms. The summed E-state index contributed by atoms with van der Waals surface area (Å²) in [6.07, 6.45) is 3.59. The predicted octanol–water partition coefficient (Wildman–Crippen LogP) is 6.33. The lowest BCUT2D eigenvalue weighted by Crippen LogP contribution is -2.43. The van der Waals surface area contributed by atoms with Gasteiger partial charge in [0, 0.05) is 45.1 Å². The summed E-state index contributed by atoms with van der Waals surface area (Å²) in [7, 11) is 0. The molecular weight excluding hydrogens is 446 g/mol. The molecule has 0 saturated heterocycles. The van der Waals surface area contributed by atoms with Crippen molar-refractivity contribution in [2.24, 2.45) is 5.41 Å². The maximum atomic E-state index is 13.3. The molecule has 0 aromatic heterocycles. The molecule has 1 heterocycles. The maximum absolute atomic E-state index is 13.3. The van der Waals surface area contributed by atoms with Gasteiger partial charge in [-0.1, -0.05) is 48.0 Å². The van der Waals surface area contributed by atoms with E-state index in [4.69, 9.17) is 0 Å². The minimum Gasteiger partial charge on any atom is -0.294 e. The molecule has 1 aliphatic carbocycles. The first-order chi connectivity index (χ1) is 13.8. The van der Waals surface area contributed by atoms with Gasteiger partial charge in [-0.25, -0.2) is 0 Å². The summed E-state index contributed by atoms with van der Waals surface area (Å²) in [5, 5.41) is 0. The highest BCUT2D eigenvalue weighted by Gasteiger charge is 2.44. The number of anilines is 1. The van der Waals surface area contributed by atoms with Crippen molar-refractivity contribution in [3.8, 4) is 0 Å². The highest BCUT2D eigenvalue weighted by atomic mass is 79.9. The van der Waals surface area contributed by atoms with Gasteiger partial charge in [-0.3, -0.25) is 14.5 Å². The van der Waals surface area contributed by atoms with Crippen molar-refractivity contribution in [1.29, 1.82) is 0 Å². The number of allylic oxidation sites excluding steroid dienone is 2. The topological polar surface area (TPSA) is 37.4 Å². The molecule has 0 radical (unpaired) electrons. The second kappa shape index (κ2) is 7.77. The summed E-state index contributed by atoms with van der Waals surface area (Å²) in [6.45, 7) is 4.21. The van der Waals surface area contributed by atoms with Crippen LogP contribution in [0.5, 0.6) is 0 Å². The third-order valence-corrected chi connectivity index (χ3v) is 6.96. The predicted molar refractivity (Wildman–Crippen MR) is 122 cm³/mol. The normalized spacial score (nSPS) is 21.4. The molecular formula is C24H24BrNO2S. The van der Waals surface area contributed by atoms with E-state index in [1.165, 1.54) is 4.90 Å². The zero-order valence-electron chi connectivity index (χ0n) is 16.9. The number of rotatable bonds is 3. The third kappa shape index (κ3) is 3.95. The number of benzene rings is 2. The van der Waals surface area contributed by atoms with Crippen LogP contribution in [0.4, 0.5) is 5.69 Å². The smallest absolute Gasteiger partial charge is 0.232 e. The molecule has 1 amide bonds. The van der Waals surface area contributed by atoms with Gasteiger partial charge < -0.3 is 0 Å². The van der Waals surface area contributed by atoms with E-state index in [-0.39, 0.29) is 23.0 Å². The lowest BCUT2D eigenvalue weighted by atomic mass is 9.69. The fraction of sp³-hybridized carbons (Fsp3) is 0.333. The number of ketones is 1. The Morgan fingerprint density at radius 3 is 2.45 bits per heavy atom. The fourth-order valence-electron chi connectivity index (χ4n) is 4.45. The fourth-order valence-corrected chi connectivity index (χ4v) is 5.25. The van der Waals surface area contributed by atoms with Crippen LogP contribution in [0, 0.1) is 5.41 Å². The lowest BCUT2D eigenvalue weighted by molar-refractivity contribution is -0.121. The van der Waals surface area contributed by atoms with Crippen molar-refractivity contribution in [3.05, 3.63) is 69.8 Å². The van der Waals surface area contributed by atoms with Crippen molar-refractivity contribution < 1.29 is 9.59 Å². The van der Waals surface area contributed by atoms with Gasteiger partial charge in [0.25, 0.3) is 0 Å². The zero-order valence-corrected chi connectivity index (χ0v) is 19.3. The zero-order chi connectivity index (χ0) is 20.8. The Kier molecular flexibility index (Phi) is 5.47. The Balaban J connectivity index is 1.87. The van der Waals surface area contributed by atoms with Gasteiger partial charge in [0.15, 0.2) is 5.78 Å². The van der Waals surface area contributed by atoms with Crippen LogP contribution in [0.25, 0.3) is 0 Å². The summed E-state index contributed by atoms with van der Waals surface area (Å²) in [5.74, 6) is 0.0504. The van der Waals surface area contributed by atoms with Crippen LogP contribution < -0.4 is 4.90 Å². The Bertz CT molecular complexity index is 1010. The number of hydrogen-bond acceptors (Lipinski definition) is 3. The number of thioether (sulfide) groups is 1. The lowest BCUT2D eigenvalue weighted by Gasteiger charge is -2.43. The number of amides is 1. The maximum Gasteiger partial charge on any atom is 0.232 e. The first-order valence-corrected chi connectivity index (χ1v) is 11.8. The molecule has 0 bridgehead atoms. The van der Waals surface area contributed by atoms with Gasteiger partial charge >= 0.3 is 0 Å². The van der Waals surface area contributed by atoms with Crippen molar-refractivity contribution in [1.82, 2.24) is 0 Å². The number of hydrogen-bond donors (Lipinski definition) is 0. The second-order valence-electron chi connectivity index (χ2n) is 8.54. The summed E-state index contributed by atoms with van der Waals surface area (Å²) < 4.78 is 0.918. The number of Topliss-reactive ketones (excluding diaryl/α,β-unsaturated/α-hetero) is 1. The molecule has 2 aliphatic rings. The Morgan fingerprint density at radius 2 is 1.79 bits per heavy atom. The van der Waals surface area contributed by atoms with Crippen LogP contribution in [0.2, 0.25) is 0 Å². The summed E-state index contributed by atoms with van der Waals surface area (Å²) >= 11 is 5.20. The molecule has 0 saturated carbocycles. The number of carbonyl (C=O) groups excluding carboxylic acids is 2. The molecule has 1 atom stereocenters. The standard InChI is InChI=1S/C24H24BrNO2S/c1-24(2)13-20-23(21(27)14-24)19(15-7-9-18(29-3)10-8-15)12-22(28)26(20)17-6-4-5-16(25)11-17/h4-11,19H,12-14H2,1-3H3. The molecule has 0 spiro atoms. The van der Waals surface area contributed by atoms with Gasteiger partial charge in [-0.05, 0) is 54.0 Å². The van der Waals surface area contributed by atoms with Crippen LogP contribution in [0.15, 0.2) is 69.2 Å². The molecule has 2 aromatic carbocycles. The first-order valence-electron chi connectivity index (χ1n) is 9.78. The molecule has 4 rings (SSSR count). The molecule has 150 valence electrons. The molecule has 1 unspecified atom stereocenters. The quantitative estimate of drug-likeness (QED) is 0.492. The van der Waals surface area contributed by atoms with E-state index in [2.05, 4.69) is 54.0 Å². The van der Waals surface area contributed by atoms with Crippen LogP contribution in [-0.2, 0) is 9.59 Å². The minimum atomic E-state index is -0.166. The second-order valence-corrected chi connectivity index (χ2v) is 10.3. The van der Waals surface area contributed by atoms with Gasteiger partial charge in [0.05, 0.1) is 0 Å². The largest absolute Gasteiger partial charge is 0.294 e. The van der Waals surface area contributed by atoms with Crippen molar-refractivity contribution in [2.45, 2.75) is 43.9 Å². The highest BCUT2D eigenvalue weighted by molar-refractivity contribution is 9.10. The third-order valence-electron chi connectivity index (χ3n) is 5.73. The molecule has 0 fully saturated rings. The highest BCUT2D eigenvalue weighted by Crippen LogP contribution is 2.48. The Hall–Kier alpha value is -1.85.